The van der Waals surface area contributed by atoms with Crippen molar-refractivity contribution in [3.05, 3.63) is 102 Å². The number of aliphatic hydroxyl groups excluding tert-OH is 2. The maximum Gasteiger partial charge on any atom is 0.317 e. The van der Waals surface area contributed by atoms with Crippen molar-refractivity contribution in [2.45, 2.75) is 113 Å². The number of hydrogen-bond donors (Lipinski definition) is 18. The summed E-state index contributed by atoms with van der Waals surface area (Å²) in [4.78, 5) is 175. The fourth-order valence-corrected chi connectivity index (χ4v) is 13.7. The molecular formula is C67H96N16O18S2. The number of benzene rings is 3. The Hall–Kier alpha value is -8.98. The lowest BCUT2D eigenvalue weighted by Crippen LogP contribution is -2.63. The van der Waals surface area contributed by atoms with Gasteiger partial charge in [-0.05, 0) is 81.0 Å². The molecule has 564 valence electrons. The highest BCUT2D eigenvalue weighted by Crippen LogP contribution is 2.25. The van der Waals surface area contributed by atoms with Crippen molar-refractivity contribution >= 4 is 104 Å². The van der Waals surface area contributed by atoms with Gasteiger partial charge in [0.2, 0.25) is 53.2 Å². The van der Waals surface area contributed by atoms with E-state index in [2.05, 4.69) is 52.8 Å². The number of carboxylic acids is 3. The minimum atomic E-state index is -1.83. The van der Waals surface area contributed by atoms with E-state index in [9.17, 15) is 88.2 Å². The number of H-pyrrole nitrogens is 1. The minimum absolute atomic E-state index is 0.0494. The monoisotopic (exact) mass is 1480 g/mol. The molecule has 20 N–H and O–H groups in total. The first-order valence-electron chi connectivity index (χ1n) is 33.8. The number of nitrogens with zero attached hydrogens (tertiary/aromatic N) is 4. The number of amides is 9. The van der Waals surface area contributed by atoms with Crippen LogP contribution in [0.25, 0.3) is 10.9 Å². The quantitative estimate of drug-likeness (QED) is 0.0189. The lowest BCUT2D eigenvalue weighted by molar-refractivity contribution is -0.140. The highest BCUT2D eigenvalue weighted by atomic mass is 33.1. The molecule has 2 aliphatic rings. The Morgan fingerprint density at radius 3 is 1.68 bits per heavy atom. The van der Waals surface area contributed by atoms with Gasteiger partial charge in [0.1, 0.15) is 48.0 Å². The maximum atomic E-state index is 15.0. The van der Waals surface area contributed by atoms with E-state index in [-0.39, 0.29) is 142 Å². The highest BCUT2D eigenvalue weighted by molar-refractivity contribution is 8.76. The van der Waals surface area contributed by atoms with Crippen LogP contribution < -0.4 is 59.3 Å². The summed E-state index contributed by atoms with van der Waals surface area (Å²) in [6, 6.07) is 9.39. The molecule has 0 bridgehead atoms. The molecule has 1 aromatic heterocycles. The first-order chi connectivity index (χ1) is 49.2. The smallest absolute Gasteiger partial charge is 0.317 e. The van der Waals surface area contributed by atoms with Gasteiger partial charge in [0, 0.05) is 107 Å². The molecule has 34 nitrogen and oxygen atoms in total. The van der Waals surface area contributed by atoms with E-state index < -0.39 is 137 Å². The van der Waals surface area contributed by atoms with E-state index in [1.807, 2.05) is 0 Å². The molecule has 2 saturated heterocycles. The Labute approximate surface area is 603 Å². The Morgan fingerprint density at radius 1 is 0.583 bits per heavy atom. The normalized spacial score (nSPS) is 21.6. The number of phenolic OH excluding ortho intramolecular Hbond substituents is 1. The molecule has 3 unspecified atom stereocenters. The first kappa shape index (κ1) is 83.0. The van der Waals surface area contributed by atoms with Crippen molar-refractivity contribution in [1.82, 2.24) is 72.4 Å². The van der Waals surface area contributed by atoms with Crippen LogP contribution >= 0.6 is 21.6 Å². The van der Waals surface area contributed by atoms with Crippen molar-refractivity contribution in [2.24, 2.45) is 11.5 Å². The van der Waals surface area contributed by atoms with E-state index in [0.717, 1.165) is 21.6 Å². The van der Waals surface area contributed by atoms with Crippen LogP contribution in [-0.4, -0.2) is 297 Å². The number of aromatic amines is 1. The molecule has 4 aromatic rings. The third-order valence-electron chi connectivity index (χ3n) is 17.0. The number of carboxylic acid groups (broad SMARTS) is 3. The number of nitrogens with two attached hydrogens (primary N) is 2. The molecule has 3 heterocycles. The Kier molecular flexibility index (Phi) is 34.3. The first-order valence-corrected chi connectivity index (χ1v) is 36.3. The van der Waals surface area contributed by atoms with Crippen LogP contribution in [0, 0.1) is 0 Å². The van der Waals surface area contributed by atoms with Crippen molar-refractivity contribution < 1.29 is 88.2 Å². The van der Waals surface area contributed by atoms with Gasteiger partial charge in [-0.2, -0.15) is 0 Å². The van der Waals surface area contributed by atoms with Crippen LogP contribution in [0.5, 0.6) is 5.75 Å². The van der Waals surface area contributed by atoms with Crippen LogP contribution in [0.3, 0.4) is 0 Å². The fraction of sp³-hybridized carbons (Fsp3) is 0.522. The lowest BCUT2D eigenvalue weighted by Gasteiger charge is -2.32. The van der Waals surface area contributed by atoms with E-state index in [1.165, 1.54) is 38.1 Å². The summed E-state index contributed by atoms with van der Waals surface area (Å²) in [5, 5.41) is 85.6. The molecule has 6 rings (SSSR count). The number of aliphatic carboxylic acids is 3. The summed E-state index contributed by atoms with van der Waals surface area (Å²) in [5.41, 5.74) is 14.7. The third-order valence-corrected chi connectivity index (χ3v) is 19.4. The molecule has 36 heteroatoms. The number of carbonyl (C=O) groups is 12. The number of hydrogen-bond acceptors (Lipinski definition) is 23. The van der Waals surface area contributed by atoms with E-state index in [4.69, 9.17) is 11.5 Å². The average molecular weight is 1480 g/mol. The topological polar surface area (TPSA) is 515 Å². The largest absolute Gasteiger partial charge is 0.508 e. The molecule has 103 heavy (non-hydrogen) atoms. The average Bonchev–Trinajstić information content (AvgIpc) is 1.74. The number of aromatic nitrogens is 1. The lowest BCUT2D eigenvalue weighted by atomic mass is 10.0. The highest BCUT2D eigenvalue weighted by Gasteiger charge is 2.38. The molecule has 2 fully saturated rings. The standard InChI is InChI=1S/C67H96N16O18S2/c1-40(84)58(66(100)71-21-20-70-54(87)34-80-22-24-81(35-55(88)89)26-28-83(37-57(92)93)29-27-82(25-23-80)36-56(90)91)78-65(99)53-39-103-102-38-52(76-60(94)47(69)30-42-10-4-3-5-11-42)64(98)74-50(31-43-15-17-45(86)18-16-43)62(96)75-51(32-44-33-72-48-13-7-6-12-46(44)48)63(97)73-49(14-8-9-19-68)61(95)79-59(41(2)85)67(101)77-53/h3-7,10-13,15-18,33,40-41,47,49-53,58-59,72,84-86H,8-9,14,19-32,34-39,68-69H2,1-2H3,(H,70,87)(H,71,100)(H,73,97)(H,74,98)(H,75,96)(H,76,94)(H,77,101)(H,78,99)(H,79,95)(H,88,89)(H,90,91)(H,92,93)/t40-,41-,47+,49-,50?,51+,52-,53?,58-,59?/m0/s1. The molecular weight excluding hydrogens is 1380 g/mol. The SMILES string of the molecule is C[C@H](O)C1NC(=O)[C@H](CCCCN)NC(=O)[C@@H](Cc2c[nH]c3ccccc23)NC(=O)C(Cc2ccc(O)cc2)NC(=O)[C@@H](NC(=O)[C@H](N)Cc2ccccc2)CSSCC(C(=O)N[C@H](C(=O)NCCNC(=O)CN2CCN(CC(=O)O)CCN(CC(=O)O)CCN(CC(=O)O)CC2)[C@H](C)O)NC1=O. The summed E-state index contributed by atoms with van der Waals surface area (Å²) >= 11 is 0. The number of aromatic hydroxyl groups is 1. The number of carbonyl (C=O) groups excluding carboxylic acids is 9. The number of para-hydroxylation sites is 1. The summed E-state index contributed by atoms with van der Waals surface area (Å²) in [6.07, 6.45) is -1.43. The van der Waals surface area contributed by atoms with Gasteiger partial charge in [-0.25, -0.2) is 0 Å². The summed E-state index contributed by atoms with van der Waals surface area (Å²) in [5.74, 6) is -12.3. The van der Waals surface area contributed by atoms with Gasteiger partial charge in [-0.15, -0.1) is 0 Å². The zero-order chi connectivity index (χ0) is 75.1. The van der Waals surface area contributed by atoms with Crippen molar-refractivity contribution in [3.63, 3.8) is 0 Å². The maximum absolute atomic E-state index is 15.0. The Morgan fingerprint density at radius 2 is 1.11 bits per heavy atom. The Bertz CT molecular complexity index is 3470. The second-order valence-corrected chi connectivity index (χ2v) is 27.8. The van der Waals surface area contributed by atoms with Gasteiger partial charge in [0.05, 0.1) is 44.4 Å². The molecule has 9 amide bonds. The zero-order valence-electron chi connectivity index (χ0n) is 57.5. The van der Waals surface area contributed by atoms with Crippen LogP contribution in [0.15, 0.2) is 85.1 Å². The van der Waals surface area contributed by atoms with Gasteiger partial charge < -0.3 is 94.9 Å². The number of fused-ring (bicyclic) bond motifs is 1. The van der Waals surface area contributed by atoms with Crippen LogP contribution in [0.1, 0.15) is 49.8 Å². The third kappa shape index (κ3) is 28.6. The molecule has 2 aliphatic heterocycles. The second-order valence-electron chi connectivity index (χ2n) is 25.3. The fourth-order valence-electron chi connectivity index (χ4n) is 11.3. The molecule has 0 radical (unpaired) electrons. The number of unbranched alkanes of at least 4 members (excludes halogenated alkanes) is 1. The van der Waals surface area contributed by atoms with Gasteiger partial charge in [0.15, 0.2) is 0 Å². The van der Waals surface area contributed by atoms with Crippen molar-refractivity contribution in [3.8, 4) is 5.75 Å². The number of rotatable bonds is 28. The summed E-state index contributed by atoms with van der Waals surface area (Å²) < 4.78 is 0. The van der Waals surface area contributed by atoms with Gasteiger partial charge >= 0.3 is 17.9 Å². The van der Waals surface area contributed by atoms with E-state index >= 15 is 0 Å². The van der Waals surface area contributed by atoms with Gasteiger partial charge in [-0.1, -0.05) is 82.3 Å². The molecule has 3 aromatic carbocycles. The number of aliphatic hydroxyl groups is 2. The summed E-state index contributed by atoms with van der Waals surface area (Å²) in [7, 11) is 1.81. The molecule has 10 atom stereocenters. The molecule has 0 spiro atoms. The molecule has 0 aliphatic carbocycles. The van der Waals surface area contributed by atoms with E-state index in [0.29, 0.717) is 34.0 Å². The minimum Gasteiger partial charge on any atom is -0.508 e. The second kappa shape index (κ2) is 42.6. The van der Waals surface area contributed by atoms with Crippen molar-refractivity contribution in [2.75, 3.05) is 110 Å². The number of phenols is 1. The van der Waals surface area contributed by atoms with Crippen LogP contribution in [-0.2, 0) is 76.8 Å². The molecule has 0 saturated carbocycles. The number of nitrogens with one attached hydrogen (secondary N) is 10. The predicted octanol–water partition coefficient (Wildman–Crippen LogP) is -4.38. The Balaban J connectivity index is 1.25. The van der Waals surface area contributed by atoms with Gasteiger partial charge in [0.25, 0.3) is 0 Å². The van der Waals surface area contributed by atoms with Crippen LogP contribution in [0.4, 0.5) is 0 Å². The van der Waals surface area contributed by atoms with Crippen LogP contribution in [0.2, 0.25) is 0 Å². The van der Waals surface area contributed by atoms with Crippen molar-refractivity contribution in [1.29, 1.82) is 0 Å². The van der Waals surface area contributed by atoms with Gasteiger partial charge in [-0.3, -0.25) is 77.1 Å². The summed E-state index contributed by atoms with van der Waals surface area (Å²) in [6.45, 7) is 2.00. The zero-order valence-corrected chi connectivity index (χ0v) is 59.1. The predicted molar refractivity (Wildman–Crippen MR) is 381 cm³/mol. The van der Waals surface area contributed by atoms with E-state index in [1.54, 1.807) is 80.4 Å².